The van der Waals surface area contributed by atoms with E-state index in [1.807, 2.05) is 20.2 Å². The Morgan fingerprint density at radius 3 is 2.56 bits per heavy atom. The van der Waals surface area contributed by atoms with Crippen molar-refractivity contribution >= 4 is 5.97 Å². The number of rotatable bonds is 6. The molecule has 0 aliphatic carbocycles. The lowest BCUT2D eigenvalue weighted by Crippen LogP contribution is -2.34. The molecule has 2 atom stereocenters. The summed E-state index contributed by atoms with van der Waals surface area (Å²) in [5.74, 6) is -1.10. The van der Waals surface area contributed by atoms with Gasteiger partial charge in [-0.05, 0) is 20.4 Å². The maximum absolute atomic E-state index is 10.9. The molecular formula is C13H23N3O2. The van der Waals surface area contributed by atoms with E-state index in [0.717, 1.165) is 17.8 Å². The van der Waals surface area contributed by atoms with Gasteiger partial charge < -0.3 is 5.11 Å². The molecule has 1 N–H and O–H groups in total. The summed E-state index contributed by atoms with van der Waals surface area (Å²) in [4.78, 5) is 13.1. The van der Waals surface area contributed by atoms with E-state index in [1.165, 1.54) is 0 Å². The summed E-state index contributed by atoms with van der Waals surface area (Å²) in [5, 5.41) is 13.3. The molecular weight excluding hydrogens is 230 g/mol. The first-order valence-corrected chi connectivity index (χ1v) is 6.33. The standard InChI is InChI=1S/C13H23N3O2/c1-6-16(7-9(2)13(17)18)11(4)12-8-15(5)14-10(12)3/h8-9,11H,6-7H2,1-5H3,(H,17,18). The van der Waals surface area contributed by atoms with Crippen LogP contribution in [0.15, 0.2) is 6.20 Å². The Morgan fingerprint density at radius 1 is 1.56 bits per heavy atom. The van der Waals surface area contributed by atoms with Gasteiger partial charge in [0.25, 0.3) is 0 Å². The van der Waals surface area contributed by atoms with E-state index >= 15 is 0 Å². The Labute approximate surface area is 108 Å². The lowest BCUT2D eigenvalue weighted by atomic mass is 10.1. The van der Waals surface area contributed by atoms with Crippen LogP contribution in [0.2, 0.25) is 0 Å². The van der Waals surface area contributed by atoms with Gasteiger partial charge in [-0.3, -0.25) is 14.4 Å². The van der Waals surface area contributed by atoms with E-state index < -0.39 is 5.97 Å². The number of aryl methyl sites for hydroxylation is 2. The van der Waals surface area contributed by atoms with Gasteiger partial charge in [0, 0.05) is 31.4 Å². The molecule has 5 nitrogen and oxygen atoms in total. The third-order valence-electron chi connectivity index (χ3n) is 3.39. The molecule has 1 heterocycles. The predicted octanol–water partition coefficient (Wildman–Crippen LogP) is 1.83. The van der Waals surface area contributed by atoms with Crippen molar-refractivity contribution in [3.05, 3.63) is 17.5 Å². The van der Waals surface area contributed by atoms with Gasteiger partial charge in [-0.1, -0.05) is 13.8 Å². The van der Waals surface area contributed by atoms with Gasteiger partial charge >= 0.3 is 5.97 Å². The first-order valence-electron chi connectivity index (χ1n) is 6.33. The minimum absolute atomic E-state index is 0.186. The number of hydrogen-bond acceptors (Lipinski definition) is 3. The lowest BCUT2D eigenvalue weighted by Gasteiger charge is -2.29. The van der Waals surface area contributed by atoms with Crippen molar-refractivity contribution in [2.45, 2.75) is 33.7 Å². The molecule has 5 heteroatoms. The third kappa shape index (κ3) is 3.32. The topological polar surface area (TPSA) is 58.4 Å². The van der Waals surface area contributed by atoms with Crippen LogP contribution >= 0.6 is 0 Å². The highest BCUT2D eigenvalue weighted by atomic mass is 16.4. The van der Waals surface area contributed by atoms with Crippen LogP contribution in [0.1, 0.15) is 38.1 Å². The van der Waals surface area contributed by atoms with E-state index in [2.05, 4.69) is 23.8 Å². The quantitative estimate of drug-likeness (QED) is 0.840. The number of carbonyl (C=O) groups is 1. The number of carboxylic acid groups (broad SMARTS) is 1. The molecule has 0 saturated carbocycles. The summed E-state index contributed by atoms with van der Waals surface area (Å²) in [6.45, 7) is 9.27. The summed E-state index contributed by atoms with van der Waals surface area (Å²) >= 11 is 0. The van der Waals surface area contributed by atoms with Crippen LogP contribution in [0.5, 0.6) is 0 Å². The molecule has 0 spiro atoms. The van der Waals surface area contributed by atoms with E-state index in [9.17, 15) is 4.79 Å². The Kier molecular flexibility index (Phi) is 4.90. The van der Waals surface area contributed by atoms with Gasteiger partial charge in [0.1, 0.15) is 0 Å². The second-order valence-electron chi connectivity index (χ2n) is 4.85. The van der Waals surface area contributed by atoms with Crippen LogP contribution in [0.4, 0.5) is 0 Å². The third-order valence-corrected chi connectivity index (χ3v) is 3.39. The van der Waals surface area contributed by atoms with Crippen molar-refractivity contribution in [3.8, 4) is 0 Å². The van der Waals surface area contributed by atoms with E-state index in [4.69, 9.17) is 5.11 Å². The number of nitrogens with zero attached hydrogens (tertiary/aromatic N) is 3. The summed E-state index contributed by atoms with van der Waals surface area (Å²) in [6.07, 6.45) is 2.01. The van der Waals surface area contributed by atoms with Gasteiger partial charge in [0.05, 0.1) is 11.6 Å². The highest BCUT2D eigenvalue weighted by Gasteiger charge is 2.22. The van der Waals surface area contributed by atoms with Crippen LogP contribution in [0, 0.1) is 12.8 Å². The highest BCUT2D eigenvalue weighted by Crippen LogP contribution is 2.23. The molecule has 0 aliphatic rings. The molecule has 2 unspecified atom stereocenters. The fourth-order valence-electron chi connectivity index (χ4n) is 2.22. The number of aliphatic carboxylic acids is 1. The van der Waals surface area contributed by atoms with Crippen molar-refractivity contribution in [1.29, 1.82) is 0 Å². The average molecular weight is 253 g/mol. The van der Waals surface area contributed by atoms with Crippen molar-refractivity contribution in [2.75, 3.05) is 13.1 Å². The molecule has 0 aliphatic heterocycles. The Bertz CT molecular complexity index is 414. The first-order chi connectivity index (χ1) is 8.36. The van der Waals surface area contributed by atoms with E-state index in [-0.39, 0.29) is 12.0 Å². The fraction of sp³-hybridized carbons (Fsp3) is 0.692. The van der Waals surface area contributed by atoms with Gasteiger partial charge in [-0.2, -0.15) is 5.10 Å². The fourth-order valence-corrected chi connectivity index (χ4v) is 2.22. The van der Waals surface area contributed by atoms with Crippen molar-refractivity contribution in [1.82, 2.24) is 14.7 Å². The molecule has 1 aromatic heterocycles. The molecule has 0 radical (unpaired) electrons. The summed E-state index contributed by atoms with van der Waals surface area (Å²) in [5.41, 5.74) is 2.17. The van der Waals surface area contributed by atoms with Crippen LogP contribution in [0.3, 0.4) is 0 Å². The molecule has 0 aromatic carbocycles. The van der Waals surface area contributed by atoms with Crippen LogP contribution < -0.4 is 0 Å². The summed E-state index contributed by atoms with van der Waals surface area (Å²) < 4.78 is 1.80. The van der Waals surface area contributed by atoms with Crippen LogP contribution in [-0.4, -0.2) is 38.8 Å². The van der Waals surface area contributed by atoms with Gasteiger partial charge in [0.15, 0.2) is 0 Å². The minimum Gasteiger partial charge on any atom is -0.481 e. The monoisotopic (exact) mass is 253 g/mol. The van der Waals surface area contributed by atoms with Crippen molar-refractivity contribution < 1.29 is 9.90 Å². The molecule has 1 aromatic rings. The van der Waals surface area contributed by atoms with E-state index in [1.54, 1.807) is 11.6 Å². The average Bonchev–Trinajstić information content (AvgIpc) is 2.63. The van der Waals surface area contributed by atoms with Gasteiger partial charge in [-0.15, -0.1) is 0 Å². The number of hydrogen-bond donors (Lipinski definition) is 1. The first kappa shape index (κ1) is 14.7. The lowest BCUT2D eigenvalue weighted by molar-refractivity contribution is -0.141. The molecule has 1 rings (SSSR count). The maximum Gasteiger partial charge on any atom is 0.307 e. The summed E-state index contributed by atoms with van der Waals surface area (Å²) in [6, 6.07) is 0.186. The molecule has 18 heavy (non-hydrogen) atoms. The smallest absolute Gasteiger partial charge is 0.307 e. The van der Waals surface area contributed by atoms with Crippen LogP contribution in [0.25, 0.3) is 0 Å². The largest absolute Gasteiger partial charge is 0.481 e. The number of aromatic nitrogens is 2. The zero-order chi connectivity index (χ0) is 13.9. The zero-order valence-electron chi connectivity index (χ0n) is 11.8. The second-order valence-corrected chi connectivity index (χ2v) is 4.85. The minimum atomic E-state index is -0.747. The molecule has 0 amide bonds. The SMILES string of the molecule is CCN(CC(C)C(=O)O)C(C)c1cn(C)nc1C. The predicted molar refractivity (Wildman–Crippen MR) is 70.4 cm³/mol. The van der Waals surface area contributed by atoms with Gasteiger partial charge in [0.2, 0.25) is 0 Å². The van der Waals surface area contributed by atoms with Crippen molar-refractivity contribution in [2.24, 2.45) is 13.0 Å². The van der Waals surface area contributed by atoms with E-state index in [0.29, 0.717) is 6.54 Å². The molecule has 0 fully saturated rings. The van der Waals surface area contributed by atoms with Crippen LogP contribution in [-0.2, 0) is 11.8 Å². The molecule has 0 saturated heterocycles. The number of carboxylic acids is 1. The zero-order valence-corrected chi connectivity index (χ0v) is 11.8. The second kappa shape index (κ2) is 6.00. The Balaban J connectivity index is 2.82. The van der Waals surface area contributed by atoms with Crippen molar-refractivity contribution in [3.63, 3.8) is 0 Å². The molecule has 102 valence electrons. The van der Waals surface area contributed by atoms with Gasteiger partial charge in [-0.25, -0.2) is 0 Å². The summed E-state index contributed by atoms with van der Waals surface area (Å²) in [7, 11) is 1.90. The Morgan fingerprint density at radius 2 is 2.17 bits per heavy atom. The highest BCUT2D eigenvalue weighted by molar-refractivity contribution is 5.69. The Hall–Kier alpha value is -1.36. The molecule has 0 bridgehead atoms. The normalized spacial score (nSPS) is 14.8. The maximum atomic E-state index is 10.9.